The molecule has 1 unspecified atom stereocenters. The highest BCUT2D eigenvalue weighted by Gasteiger charge is 2.29. The molecule has 2 N–H and O–H groups in total. The van der Waals surface area contributed by atoms with Gasteiger partial charge in [0.2, 0.25) is 0 Å². The van der Waals surface area contributed by atoms with Crippen LogP contribution in [0.1, 0.15) is 59.2 Å². The van der Waals surface area contributed by atoms with Gasteiger partial charge in [0, 0.05) is 19.1 Å². The predicted molar refractivity (Wildman–Crippen MR) is 122 cm³/mol. The van der Waals surface area contributed by atoms with E-state index in [-0.39, 0.29) is 23.9 Å². The minimum atomic E-state index is -0.565. The van der Waals surface area contributed by atoms with Gasteiger partial charge in [-0.3, -0.25) is 9.59 Å². The van der Waals surface area contributed by atoms with E-state index >= 15 is 0 Å². The van der Waals surface area contributed by atoms with Crippen molar-refractivity contribution < 1.29 is 19.1 Å². The number of thiophene rings is 1. The number of rotatable bonds is 4. The van der Waals surface area contributed by atoms with Crippen LogP contribution in [0.2, 0.25) is 0 Å². The fourth-order valence-electron chi connectivity index (χ4n) is 3.40. The third-order valence-corrected chi connectivity index (χ3v) is 5.69. The first kappa shape index (κ1) is 22.8. The summed E-state index contributed by atoms with van der Waals surface area (Å²) in [6, 6.07) is 8.70. The Morgan fingerprint density at radius 3 is 2.61 bits per heavy atom. The number of anilines is 1. The van der Waals surface area contributed by atoms with Gasteiger partial charge in [-0.25, -0.2) is 4.79 Å². The molecule has 1 saturated heterocycles. The molecule has 1 aromatic heterocycles. The maximum Gasteiger partial charge on any atom is 0.410 e. The number of likely N-dealkylation sites (tertiary alicyclic amines) is 1. The van der Waals surface area contributed by atoms with Gasteiger partial charge < -0.3 is 20.3 Å². The van der Waals surface area contributed by atoms with Crippen LogP contribution in [0.4, 0.5) is 10.5 Å². The van der Waals surface area contributed by atoms with E-state index in [0.29, 0.717) is 29.2 Å². The van der Waals surface area contributed by atoms with Crippen molar-refractivity contribution in [3.05, 3.63) is 51.7 Å². The number of piperidine rings is 1. The number of ether oxygens (including phenoxy) is 1. The molecule has 7 nitrogen and oxygen atoms in total. The molecule has 8 heteroatoms. The summed E-state index contributed by atoms with van der Waals surface area (Å²) in [6.07, 6.45) is 1.18. The number of amides is 3. The Morgan fingerprint density at radius 1 is 1.16 bits per heavy atom. The van der Waals surface area contributed by atoms with E-state index < -0.39 is 5.60 Å². The van der Waals surface area contributed by atoms with Gasteiger partial charge in [0.15, 0.2) is 0 Å². The lowest BCUT2D eigenvalue weighted by molar-refractivity contribution is 0.0185. The first-order valence-corrected chi connectivity index (χ1v) is 11.2. The van der Waals surface area contributed by atoms with E-state index in [9.17, 15) is 14.4 Å². The molecule has 3 rings (SSSR count). The van der Waals surface area contributed by atoms with Gasteiger partial charge in [-0.15, -0.1) is 11.3 Å². The lowest BCUT2D eigenvalue weighted by atomic mass is 10.0. The largest absolute Gasteiger partial charge is 0.444 e. The van der Waals surface area contributed by atoms with E-state index in [1.807, 2.05) is 45.2 Å². The van der Waals surface area contributed by atoms with Crippen LogP contribution < -0.4 is 10.6 Å². The molecule has 1 fully saturated rings. The summed E-state index contributed by atoms with van der Waals surface area (Å²) in [4.78, 5) is 40.1. The van der Waals surface area contributed by atoms with Crippen LogP contribution in [0.3, 0.4) is 0 Å². The molecule has 0 radical (unpaired) electrons. The number of hydrogen-bond donors (Lipinski definition) is 2. The number of carbonyl (C=O) groups is 3. The van der Waals surface area contributed by atoms with Crippen molar-refractivity contribution in [3.63, 3.8) is 0 Å². The van der Waals surface area contributed by atoms with E-state index in [2.05, 4.69) is 10.6 Å². The van der Waals surface area contributed by atoms with Gasteiger partial charge in [0.25, 0.3) is 11.8 Å². The molecule has 0 aliphatic carbocycles. The zero-order valence-electron chi connectivity index (χ0n) is 18.4. The number of benzene rings is 1. The highest BCUT2D eigenvalue weighted by molar-refractivity contribution is 7.12. The SMILES string of the molecule is Cc1ccc(C(=O)NC2CCCN(C(=O)OC(C)(C)C)C2)c(NC(=O)c2cccs2)c1. The van der Waals surface area contributed by atoms with Crippen LogP contribution in [0.25, 0.3) is 0 Å². The number of aryl methyl sites for hydroxylation is 1. The molecule has 0 bridgehead atoms. The van der Waals surface area contributed by atoms with Crippen molar-refractivity contribution in [1.29, 1.82) is 0 Å². The van der Waals surface area contributed by atoms with Gasteiger partial charge in [-0.2, -0.15) is 0 Å². The molecule has 166 valence electrons. The summed E-state index contributed by atoms with van der Waals surface area (Å²) in [5.74, 6) is -0.527. The minimum Gasteiger partial charge on any atom is -0.444 e. The molecular weight excluding hydrogens is 414 g/mol. The third-order valence-electron chi connectivity index (χ3n) is 4.82. The average molecular weight is 444 g/mol. The summed E-state index contributed by atoms with van der Waals surface area (Å²) in [7, 11) is 0. The fourth-order valence-corrected chi connectivity index (χ4v) is 4.02. The molecular formula is C23H29N3O4S. The topological polar surface area (TPSA) is 87.7 Å². The number of nitrogens with one attached hydrogen (secondary N) is 2. The Bertz CT molecular complexity index is 950. The Labute approximate surface area is 186 Å². The Morgan fingerprint density at radius 2 is 1.94 bits per heavy atom. The molecule has 0 saturated carbocycles. The maximum absolute atomic E-state index is 13.0. The zero-order valence-corrected chi connectivity index (χ0v) is 19.2. The second-order valence-corrected chi connectivity index (χ2v) is 9.67. The van der Waals surface area contributed by atoms with Crippen molar-refractivity contribution in [2.45, 2.75) is 52.2 Å². The van der Waals surface area contributed by atoms with Crippen molar-refractivity contribution in [3.8, 4) is 0 Å². The predicted octanol–water partition coefficient (Wildman–Crippen LogP) is 4.44. The van der Waals surface area contributed by atoms with Crippen LogP contribution in [0.15, 0.2) is 35.7 Å². The van der Waals surface area contributed by atoms with E-state index in [4.69, 9.17) is 4.74 Å². The van der Waals surface area contributed by atoms with Crippen LogP contribution in [-0.4, -0.2) is 47.5 Å². The van der Waals surface area contributed by atoms with Gasteiger partial charge in [-0.05, 0) is 69.7 Å². The molecule has 3 amide bonds. The monoisotopic (exact) mass is 443 g/mol. The van der Waals surface area contributed by atoms with E-state index in [1.165, 1.54) is 11.3 Å². The molecule has 1 aliphatic rings. The fraction of sp³-hybridized carbons (Fsp3) is 0.435. The van der Waals surface area contributed by atoms with Crippen LogP contribution in [0.5, 0.6) is 0 Å². The second-order valence-electron chi connectivity index (χ2n) is 8.72. The van der Waals surface area contributed by atoms with E-state index in [0.717, 1.165) is 18.4 Å². The lowest BCUT2D eigenvalue weighted by Gasteiger charge is -2.34. The highest BCUT2D eigenvalue weighted by Crippen LogP contribution is 2.21. The summed E-state index contributed by atoms with van der Waals surface area (Å²) < 4.78 is 5.45. The van der Waals surface area contributed by atoms with Crippen molar-refractivity contribution in [1.82, 2.24) is 10.2 Å². The number of carbonyl (C=O) groups excluding carboxylic acids is 3. The smallest absolute Gasteiger partial charge is 0.410 e. The van der Waals surface area contributed by atoms with Crippen molar-refractivity contribution in [2.24, 2.45) is 0 Å². The molecule has 31 heavy (non-hydrogen) atoms. The van der Waals surface area contributed by atoms with E-state index in [1.54, 1.807) is 23.1 Å². The van der Waals surface area contributed by atoms with Crippen molar-refractivity contribution in [2.75, 3.05) is 18.4 Å². The van der Waals surface area contributed by atoms with Crippen LogP contribution >= 0.6 is 11.3 Å². The normalized spacial score (nSPS) is 16.5. The molecule has 1 atom stereocenters. The third kappa shape index (κ3) is 6.30. The highest BCUT2D eigenvalue weighted by atomic mass is 32.1. The van der Waals surface area contributed by atoms with Crippen molar-refractivity contribution >= 4 is 34.9 Å². The Hall–Kier alpha value is -2.87. The molecule has 1 aliphatic heterocycles. The molecule has 2 aromatic rings. The first-order chi connectivity index (χ1) is 14.6. The molecule has 0 spiro atoms. The maximum atomic E-state index is 13.0. The molecule has 1 aromatic carbocycles. The second kappa shape index (κ2) is 9.51. The van der Waals surface area contributed by atoms with Gasteiger partial charge in [-0.1, -0.05) is 12.1 Å². The number of nitrogens with zero attached hydrogens (tertiary/aromatic N) is 1. The summed E-state index contributed by atoms with van der Waals surface area (Å²) in [5.41, 5.74) is 1.23. The summed E-state index contributed by atoms with van der Waals surface area (Å²) in [6.45, 7) is 8.40. The van der Waals surface area contributed by atoms with Gasteiger partial charge in [0.1, 0.15) is 5.60 Å². The zero-order chi connectivity index (χ0) is 22.6. The summed E-state index contributed by atoms with van der Waals surface area (Å²) in [5, 5.41) is 7.70. The van der Waals surface area contributed by atoms with Gasteiger partial charge >= 0.3 is 6.09 Å². The molecule has 2 heterocycles. The Balaban J connectivity index is 1.68. The van der Waals surface area contributed by atoms with Crippen LogP contribution in [-0.2, 0) is 4.74 Å². The first-order valence-electron chi connectivity index (χ1n) is 10.4. The summed E-state index contributed by atoms with van der Waals surface area (Å²) >= 11 is 1.34. The van der Waals surface area contributed by atoms with Gasteiger partial charge in [0.05, 0.1) is 16.1 Å². The lowest BCUT2D eigenvalue weighted by Crippen LogP contribution is -2.50. The quantitative estimate of drug-likeness (QED) is 0.731. The Kier molecular flexibility index (Phi) is 7.00. The average Bonchev–Trinajstić information content (AvgIpc) is 3.22. The standard InChI is InChI=1S/C23H29N3O4S/c1-15-9-10-17(18(13-15)25-21(28)19-8-6-12-31-19)20(27)24-16-7-5-11-26(14-16)22(29)30-23(2,3)4/h6,8-10,12-13,16H,5,7,11,14H2,1-4H3,(H,24,27)(H,25,28). The minimum absolute atomic E-state index is 0.184. The number of hydrogen-bond acceptors (Lipinski definition) is 5. The van der Waals surface area contributed by atoms with Crippen LogP contribution in [0, 0.1) is 6.92 Å².